The maximum atomic E-state index is 13.3. The van der Waals surface area contributed by atoms with Crippen LogP contribution in [0.1, 0.15) is 42.6 Å². The van der Waals surface area contributed by atoms with E-state index in [-0.39, 0.29) is 5.82 Å². The van der Waals surface area contributed by atoms with E-state index in [0.29, 0.717) is 16.0 Å². The normalized spacial score (nSPS) is 12.7. The molecule has 0 heterocycles. The van der Waals surface area contributed by atoms with Gasteiger partial charge in [0.05, 0.1) is 0 Å². The van der Waals surface area contributed by atoms with E-state index in [1.807, 2.05) is 24.3 Å². The maximum Gasteiger partial charge on any atom is 0.123 e. The van der Waals surface area contributed by atoms with Crippen LogP contribution < -0.4 is 0 Å². The fourth-order valence-electron chi connectivity index (χ4n) is 1.97. The molecule has 1 atom stereocenters. The predicted octanol–water partition coefficient (Wildman–Crippen LogP) is 4.79. The van der Waals surface area contributed by atoms with Gasteiger partial charge in [-0.2, -0.15) is 0 Å². The Hall–Kier alpha value is -1.19. The highest BCUT2D eigenvalue weighted by Gasteiger charge is 2.14. The number of rotatable bonds is 3. The first kappa shape index (κ1) is 14.2. The summed E-state index contributed by atoms with van der Waals surface area (Å²) in [7, 11) is 0. The Balaban J connectivity index is 2.33. The molecule has 3 heteroatoms. The van der Waals surface area contributed by atoms with Gasteiger partial charge in [0, 0.05) is 10.0 Å². The van der Waals surface area contributed by atoms with Crippen molar-refractivity contribution in [1.29, 1.82) is 0 Å². The molecule has 0 aliphatic carbocycles. The van der Waals surface area contributed by atoms with E-state index in [4.69, 9.17) is 0 Å². The molecule has 2 aromatic rings. The summed E-state index contributed by atoms with van der Waals surface area (Å²) in [5, 5.41) is 10.3. The largest absolute Gasteiger partial charge is 0.384 e. The Kier molecular flexibility index (Phi) is 4.38. The molecule has 1 nitrogen and oxygen atoms in total. The molecule has 0 radical (unpaired) electrons. The third-order valence-corrected chi connectivity index (χ3v) is 3.89. The first-order valence-electron chi connectivity index (χ1n) is 6.22. The summed E-state index contributed by atoms with van der Waals surface area (Å²) in [4.78, 5) is 0. The molecule has 0 saturated heterocycles. The van der Waals surface area contributed by atoms with Crippen LogP contribution in [-0.4, -0.2) is 5.11 Å². The molecule has 0 saturated carbocycles. The highest BCUT2D eigenvalue weighted by molar-refractivity contribution is 9.10. The summed E-state index contributed by atoms with van der Waals surface area (Å²) in [6.45, 7) is 4.24. The summed E-state index contributed by atoms with van der Waals surface area (Å²) in [6, 6.07) is 12.1. The van der Waals surface area contributed by atoms with Crippen molar-refractivity contribution in [3.05, 3.63) is 69.4 Å². The molecule has 0 spiro atoms. The van der Waals surface area contributed by atoms with Gasteiger partial charge < -0.3 is 5.11 Å². The highest BCUT2D eigenvalue weighted by atomic mass is 79.9. The predicted molar refractivity (Wildman–Crippen MR) is 78.7 cm³/mol. The Labute approximate surface area is 121 Å². The van der Waals surface area contributed by atoms with Gasteiger partial charge in [0.15, 0.2) is 0 Å². The average Bonchev–Trinajstić information content (AvgIpc) is 2.41. The van der Waals surface area contributed by atoms with E-state index in [0.717, 1.165) is 5.56 Å². The van der Waals surface area contributed by atoms with E-state index < -0.39 is 6.10 Å². The van der Waals surface area contributed by atoms with Crippen molar-refractivity contribution in [3.8, 4) is 0 Å². The third-order valence-electron chi connectivity index (χ3n) is 3.17. The minimum absolute atomic E-state index is 0.351. The number of hydrogen-bond acceptors (Lipinski definition) is 1. The summed E-state index contributed by atoms with van der Waals surface area (Å²) >= 11 is 3.34. The van der Waals surface area contributed by atoms with E-state index in [1.165, 1.54) is 17.7 Å². The highest BCUT2D eigenvalue weighted by Crippen LogP contribution is 2.29. The fraction of sp³-hybridized carbons (Fsp3) is 0.250. The van der Waals surface area contributed by atoms with Gasteiger partial charge in [-0.05, 0) is 35.2 Å². The standard InChI is InChI=1S/C16H16BrFO/c1-10(2)11-3-5-12(6-4-11)16(19)14-9-13(18)7-8-15(14)17/h3-10,16,19H,1-2H3. The molecule has 2 aromatic carbocycles. The minimum Gasteiger partial charge on any atom is -0.384 e. The summed E-state index contributed by atoms with van der Waals surface area (Å²) in [5.41, 5.74) is 2.52. The topological polar surface area (TPSA) is 20.2 Å². The molecule has 1 unspecified atom stereocenters. The lowest BCUT2D eigenvalue weighted by molar-refractivity contribution is 0.219. The Morgan fingerprint density at radius 2 is 1.58 bits per heavy atom. The zero-order valence-corrected chi connectivity index (χ0v) is 12.5. The van der Waals surface area contributed by atoms with Gasteiger partial charge in [-0.1, -0.05) is 54.0 Å². The lowest BCUT2D eigenvalue weighted by Crippen LogP contribution is -2.02. The van der Waals surface area contributed by atoms with Crippen molar-refractivity contribution in [3.63, 3.8) is 0 Å². The van der Waals surface area contributed by atoms with Crippen LogP contribution in [0.15, 0.2) is 46.9 Å². The Morgan fingerprint density at radius 3 is 2.16 bits per heavy atom. The van der Waals surface area contributed by atoms with Crippen molar-refractivity contribution in [2.45, 2.75) is 25.9 Å². The summed E-state index contributed by atoms with van der Waals surface area (Å²) in [5.74, 6) is 0.100. The first-order chi connectivity index (χ1) is 8.99. The van der Waals surface area contributed by atoms with Gasteiger partial charge in [0.25, 0.3) is 0 Å². The molecule has 1 N–H and O–H groups in total. The van der Waals surface area contributed by atoms with Crippen LogP contribution in [0.4, 0.5) is 4.39 Å². The zero-order chi connectivity index (χ0) is 14.0. The summed E-state index contributed by atoms with van der Waals surface area (Å²) in [6.07, 6.45) is -0.828. The van der Waals surface area contributed by atoms with Crippen LogP contribution in [0.2, 0.25) is 0 Å². The monoisotopic (exact) mass is 322 g/mol. The van der Waals surface area contributed by atoms with Gasteiger partial charge in [-0.3, -0.25) is 0 Å². The molecule has 0 aromatic heterocycles. The van der Waals surface area contributed by atoms with Crippen LogP contribution >= 0.6 is 15.9 Å². The lowest BCUT2D eigenvalue weighted by Gasteiger charge is -2.14. The second kappa shape index (κ2) is 5.85. The maximum absolute atomic E-state index is 13.3. The molecule has 0 bridgehead atoms. The molecule has 100 valence electrons. The second-order valence-corrected chi connectivity index (χ2v) is 5.74. The number of hydrogen-bond donors (Lipinski definition) is 1. The van der Waals surface area contributed by atoms with Gasteiger partial charge in [-0.25, -0.2) is 4.39 Å². The number of benzene rings is 2. The molecular formula is C16H16BrFO. The van der Waals surface area contributed by atoms with Crippen molar-refractivity contribution in [2.75, 3.05) is 0 Å². The van der Waals surface area contributed by atoms with Crippen LogP contribution in [0, 0.1) is 5.82 Å². The van der Waals surface area contributed by atoms with Crippen molar-refractivity contribution >= 4 is 15.9 Å². The van der Waals surface area contributed by atoms with Crippen LogP contribution in [0.5, 0.6) is 0 Å². The smallest absolute Gasteiger partial charge is 0.123 e. The molecule has 0 amide bonds. The van der Waals surface area contributed by atoms with Gasteiger partial charge in [0.2, 0.25) is 0 Å². The van der Waals surface area contributed by atoms with Gasteiger partial charge in [0.1, 0.15) is 11.9 Å². The van der Waals surface area contributed by atoms with Crippen LogP contribution in [0.25, 0.3) is 0 Å². The van der Waals surface area contributed by atoms with Crippen LogP contribution in [0.3, 0.4) is 0 Å². The second-order valence-electron chi connectivity index (χ2n) is 4.89. The summed E-state index contributed by atoms with van der Waals surface area (Å²) < 4.78 is 14.0. The SMILES string of the molecule is CC(C)c1ccc(C(O)c2cc(F)ccc2Br)cc1. The number of halogens is 2. The molecule has 0 fully saturated rings. The number of aliphatic hydroxyl groups excluding tert-OH is 1. The van der Waals surface area contributed by atoms with Gasteiger partial charge in [-0.15, -0.1) is 0 Å². The Bertz CT molecular complexity index is 563. The van der Waals surface area contributed by atoms with Gasteiger partial charge >= 0.3 is 0 Å². The minimum atomic E-state index is -0.828. The zero-order valence-electron chi connectivity index (χ0n) is 10.9. The average molecular weight is 323 g/mol. The Morgan fingerprint density at radius 1 is 1.00 bits per heavy atom. The van der Waals surface area contributed by atoms with E-state index in [2.05, 4.69) is 29.8 Å². The van der Waals surface area contributed by atoms with Crippen molar-refractivity contribution < 1.29 is 9.50 Å². The molecule has 0 aliphatic rings. The van der Waals surface area contributed by atoms with E-state index in [1.54, 1.807) is 6.07 Å². The molecule has 2 rings (SSSR count). The fourth-order valence-corrected chi connectivity index (χ4v) is 2.43. The molecule has 0 aliphatic heterocycles. The lowest BCUT2D eigenvalue weighted by atomic mass is 9.97. The number of aliphatic hydroxyl groups is 1. The van der Waals surface area contributed by atoms with E-state index >= 15 is 0 Å². The van der Waals surface area contributed by atoms with Crippen molar-refractivity contribution in [1.82, 2.24) is 0 Å². The first-order valence-corrected chi connectivity index (χ1v) is 7.01. The molecule has 19 heavy (non-hydrogen) atoms. The van der Waals surface area contributed by atoms with Crippen molar-refractivity contribution in [2.24, 2.45) is 0 Å². The molecular weight excluding hydrogens is 307 g/mol. The third kappa shape index (κ3) is 3.23. The quantitative estimate of drug-likeness (QED) is 0.861. The van der Waals surface area contributed by atoms with E-state index in [9.17, 15) is 9.50 Å². The van der Waals surface area contributed by atoms with Crippen LogP contribution in [-0.2, 0) is 0 Å².